The number of imide groups is 2. The number of allylic oxidation sites excluding steroid dienone is 2. The molecule has 0 bridgehead atoms. The highest BCUT2D eigenvalue weighted by Crippen LogP contribution is 2.65. The molecule has 6 unspecified atom stereocenters. The molecule has 0 spiro atoms. The van der Waals surface area contributed by atoms with E-state index in [0.717, 1.165) is 60.9 Å². The van der Waals surface area contributed by atoms with Crippen LogP contribution in [0.4, 0.5) is 18.9 Å². The summed E-state index contributed by atoms with van der Waals surface area (Å²) in [4.78, 5) is 59.9. The molecule has 2 aliphatic heterocycles. The van der Waals surface area contributed by atoms with Gasteiger partial charge in [-0.1, -0.05) is 78.9 Å². The van der Waals surface area contributed by atoms with Crippen molar-refractivity contribution in [3.63, 3.8) is 0 Å². The van der Waals surface area contributed by atoms with Crippen molar-refractivity contribution in [2.24, 2.45) is 23.7 Å². The summed E-state index contributed by atoms with van der Waals surface area (Å²) in [5, 5.41) is 12.5. The van der Waals surface area contributed by atoms with Crippen LogP contribution in [0.15, 0.2) is 84.4 Å². The third kappa shape index (κ3) is 5.28. The molecule has 4 fully saturated rings. The number of alkyl halides is 3. The van der Waals surface area contributed by atoms with E-state index in [4.69, 9.17) is 0 Å². The molecule has 12 heteroatoms. The largest absolute Gasteiger partial charge is 0.573 e. The van der Waals surface area contributed by atoms with Gasteiger partial charge in [0.1, 0.15) is 11.5 Å². The number of nitrogens with one attached hydrogen (secondary N) is 1. The van der Waals surface area contributed by atoms with E-state index in [2.05, 4.69) is 10.2 Å². The predicted molar refractivity (Wildman–Crippen MR) is 182 cm³/mol. The Labute approximate surface area is 298 Å². The smallest absolute Gasteiger partial charge is 0.508 e. The number of aromatic hydroxyl groups is 1. The Morgan fingerprint density at radius 2 is 1.58 bits per heavy atom. The van der Waals surface area contributed by atoms with Crippen molar-refractivity contribution < 1.29 is 42.2 Å². The average Bonchev–Trinajstić information content (AvgIpc) is 3.51. The summed E-state index contributed by atoms with van der Waals surface area (Å²) < 4.78 is 45.0. The van der Waals surface area contributed by atoms with Crippen LogP contribution >= 0.6 is 0 Å². The number of carbonyl (C=O) groups is 4. The van der Waals surface area contributed by atoms with E-state index in [1.165, 1.54) is 4.90 Å². The molecule has 0 aromatic heterocycles. The zero-order chi connectivity index (χ0) is 36.5. The third-order valence-corrected chi connectivity index (χ3v) is 11.9. The van der Waals surface area contributed by atoms with E-state index in [9.17, 15) is 32.7 Å². The number of anilines is 1. The molecule has 4 amide bonds. The Bertz CT molecular complexity index is 1980. The molecule has 5 aliphatic rings. The van der Waals surface area contributed by atoms with Crippen LogP contribution in [0.3, 0.4) is 0 Å². The number of aryl methyl sites for hydroxylation is 1. The second-order valence-electron chi connectivity index (χ2n) is 14.7. The van der Waals surface area contributed by atoms with Gasteiger partial charge in [-0.25, -0.2) is 0 Å². The summed E-state index contributed by atoms with van der Waals surface area (Å²) in [7, 11) is 0. The third-order valence-electron chi connectivity index (χ3n) is 11.9. The summed E-state index contributed by atoms with van der Waals surface area (Å²) in [5.41, 5.74) is 3.57. The van der Waals surface area contributed by atoms with Crippen LogP contribution in [0, 0.1) is 30.6 Å². The Hall–Kier alpha value is -5.13. The minimum Gasteiger partial charge on any atom is -0.508 e. The van der Waals surface area contributed by atoms with E-state index in [1.807, 2.05) is 25.1 Å². The standard InChI is InChI=1S/C40H38F3N3O6/c1-22-12-14-24(15-13-22)44-46-36(49)31-21-29-27(17-18-28-33(29)37(50)45(35(28)48)25-10-6-3-7-11-25)34(39(31,38(46)51)23-8-4-2-5-9-23)30-20-26(16-19-32(30)47)52-40(41,42)43/h2,4-5,8-9,12-17,19-20,25,28-29,31,33-34,44,47H,3,6-7,10-11,18,21H2,1H3. The highest BCUT2D eigenvalue weighted by atomic mass is 19.4. The lowest BCUT2D eigenvalue weighted by Gasteiger charge is -2.50. The fourth-order valence-corrected chi connectivity index (χ4v) is 9.78. The summed E-state index contributed by atoms with van der Waals surface area (Å²) in [6.07, 6.45) is 1.25. The number of amides is 4. The van der Waals surface area contributed by atoms with Crippen molar-refractivity contribution in [3.05, 3.63) is 101 Å². The molecule has 52 heavy (non-hydrogen) atoms. The van der Waals surface area contributed by atoms with Crippen LogP contribution in [-0.2, 0) is 24.6 Å². The van der Waals surface area contributed by atoms with E-state index in [1.54, 1.807) is 42.5 Å². The van der Waals surface area contributed by atoms with Gasteiger partial charge in [0.15, 0.2) is 0 Å². The zero-order valence-electron chi connectivity index (χ0n) is 28.4. The molecule has 270 valence electrons. The normalized spacial score (nSPS) is 29.1. The maximum Gasteiger partial charge on any atom is 0.573 e. The first-order chi connectivity index (χ1) is 24.9. The molecule has 2 saturated carbocycles. The Morgan fingerprint density at radius 1 is 0.865 bits per heavy atom. The second kappa shape index (κ2) is 12.5. The zero-order valence-corrected chi connectivity index (χ0v) is 28.4. The molecule has 0 radical (unpaired) electrons. The molecule has 9 nitrogen and oxygen atoms in total. The molecular weight excluding hydrogens is 675 g/mol. The van der Waals surface area contributed by atoms with E-state index < -0.39 is 64.7 Å². The molecule has 2 saturated heterocycles. The molecule has 3 aliphatic carbocycles. The van der Waals surface area contributed by atoms with Crippen LogP contribution in [0.2, 0.25) is 0 Å². The van der Waals surface area contributed by atoms with Crippen molar-refractivity contribution in [1.82, 2.24) is 9.91 Å². The molecule has 3 aromatic rings. The van der Waals surface area contributed by atoms with Crippen molar-refractivity contribution in [3.8, 4) is 11.5 Å². The number of rotatable bonds is 6. The van der Waals surface area contributed by atoms with Gasteiger partial charge in [0, 0.05) is 17.5 Å². The lowest BCUT2D eigenvalue weighted by Crippen LogP contribution is -2.53. The Balaban J connectivity index is 1.33. The van der Waals surface area contributed by atoms with Crippen molar-refractivity contribution in [2.45, 2.75) is 75.6 Å². The maximum absolute atomic E-state index is 15.2. The Kier molecular flexibility index (Phi) is 8.18. The fourth-order valence-electron chi connectivity index (χ4n) is 9.78. The number of hydrogen-bond donors (Lipinski definition) is 2. The van der Waals surface area contributed by atoms with Crippen LogP contribution in [0.1, 0.15) is 67.6 Å². The lowest BCUT2D eigenvalue weighted by molar-refractivity contribution is -0.274. The quantitative estimate of drug-likeness (QED) is 0.211. The van der Waals surface area contributed by atoms with Crippen molar-refractivity contribution in [1.29, 1.82) is 0 Å². The number of phenols is 1. The van der Waals surface area contributed by atoms with Gasteiger partial charge in [-0.15, -0.1) is 13.2 Å². The van der Waals surface area contributed by atoms with Gasteiger partial charge < -0.3 is 9.84 Å². The van der Waals surface area contributed by atoms with Crippen LogP contribution in [0.25, 0.3) is 0 Å². The molecule has 2 heterocycles. The number of hydrogen-bond acceptors (Lipinski definition) is 7. The van der Waals surface area contributed by atoms with Gasteiger partial charge in [0.25, 0.3) is 11.8 Å². The SMILES string of the molecule is Cc1ccc(NN2C(=O)C3CC4C(=CCC5C(=O)N(C6CCCCC6)C(=O)C54)C(c4cc(OC(F)(F)F)ccc4O)C3(c3ccccc3)C2=O)cc1. The van der Waals surface area contributed by atoms with Gasteiger partial charge in [-0.3, -0.25) is 29.5 Å². The number of likely N-dealkylation sites (tertiary alicyclic amines) is 1. The molecule has 3 aromatic carbocycles. The van der Waals surface area contributed by atoms with Gasteiger partial charge in [0.2, 0.25) is 11.8 Å². The van der Waals surface area contributed by atoms with Crippen LogP contribution < -0.4 is 10.2 Å². The monoisotopic (exact) mass is 713 g/mol. The minimum absolute atomic E-state index is 0.0338. The first-order valence-electron chi connectivity index (χ1n) is 17.8. The van der Waals surface area contributed by atoms with Crippen molar-refractivity contribution in [2.75, 3.05) is 5.43 Å². The summed E-state index contributed by atoms with van der Waals surface area (Å²) in [5.74, 6) is -7.34. The highest BCUT2D eigenvalue weighted by Gasteiger charge is 2.70. The van der Waals surface area contributed by atoms with Gasteiger partial charge >= 0.3 is 6.36 Å². The van der Waals surface area contributed by atoms with Crippen LogP contribution in [-0.4, -0.2) is 51.0 Å². The van der Waals surface area contributed by atoms with E-state index in [0.29, 0.717) is 16.8 Å². The molecule has 8 rings (SSSR count). The van der Waals surface area contributed by atoms with E-state index >= 15 is 4.79 Å². The van der Waals surface area contributed by atoms with Gasteiger partial charge in [-0.2, -0.15) is 5.01 Å². The lowest BCUT2D eigenvalue weighted by atomic mass is 9.49. The molecule has 6 atom stereocenters. The number of hydrazine groups is 1. The number of phenolic OH excluding ortho intramolecular Hbond substituents is 1. The second-order valence-corrected chi connectivity index (χ2v) is 14.7. The predicted octanol–water partition coefficient (Wildman–Crippen LogP) is 6.92. The topological polar surface area (TPSA) is 116 Å². The number of fused-ring (bicyclic) bond motifs is 4. The number of carbonyl (C=O) groups excluding carboxylic acids is 4. The first kappa shape index (κ1) is 34.0. The van der Waals surface area contributed by atoms with Crippen LogP contribution in [0.5, 0.6) is 11.5 Å². The maximum atomic E-state index is 15.2. The number of halogens is 3. The number of ether oxygens (including phenoxy) is 1. The van der Waals surface area contributed by atoms with E-state index in [-0.39, 0.29) is 36.3 Å². The van der Waals surface area contributed by atoms with Gasteiger partial charge in [-0.05, 0) is 74.4 Å². The first-order valence-corrected chi connectivity index (χ1v) is 17.8. The number of benzene rings is 3. The summed E-state index contributed by atoms with van der Waals surface area (Å²) in [6, 6.07) is 18.6. The molecule has 2 N–H and O–H groups in total. The summed E-state index contributed by atoms with van der Waals surface area (Å²) >= 11 is 0. The minimum atomic E-state index is -5.05. The Morgan fingerprint density at radius 3 is 2.27 bits per heavy atom. The van der Waals surface area contributed by atoms with Crippen molar-refractivity contribution >= 4 is 29.3 Å². The summed E-state index contributed by atoms with van der Waals surface area (Å²) in [6.45, 7) is 1.90. The fraction of sp³-hybridized carbons (Fsp3) is 0.400. The number of nitrogens with zero attached hydrogens (tertiary/aromatic N) is 2. The highest BCUT2D eigenvalue weighted by molar-refractivity contribution is 6.13. The van der Waals surface area contributed by atoms with Gasteiger partial charge in [0.05, 0.1) is 28.9 Å². The molecular formula is C40H38F3N3O6. The average molecular weight is 714 g/mol.